The zero-order valence-corrected chi connectivity index (χ0v) is 12.5. The molecule has 1 aliphatic heterocycles. The van der Waals surface area contributed by atoms with Gasteiger partial charge in [-0.3, -0.25) is 9.48 Å². The highest BCUT2D eigenvalue weighted by Gasteiger charge is 2.25. The number of aryl methyl sites for hydroxylation is 1. The van der Waals surface area contributed by atoms with Crippen LogP contribution in [0.1, 0.15) is 18.4 Å². The molecule has 6 heteroatoms. The molecular weight excluding hydrogens is 299 g/mol. The van der Waals surface area contributed by atoms with Crippen LogP contribution >= 0.6 is 23.2 Å². The molecule has 1 aliphatic rings. The quantitative estimate of drug-likeness (QED) is 0.877. The van der Waals surface area contributed by atoms with E-state index < -0.39 is 0 Å². The van der Waals surface area contributed by atoms with E-state index in [9.17, 15) is 9.90 Å². The summed E-state index contributed by atoms with van der Waals surface area (Å²) in [5, 5.41) is 11.1. The number of fused-ring (bicyclic) bond motifs is 1. The van der Waals surface area contributed by atoms with Crippen LogP contribution in [-0.4, -0.2) is 14.5 Å². The first-order valence-corrected chi connectivity index (χ1v) is 7.25. The molecule has 0 unspecified atom stereocenters. The maximum absolute atomic E-state index is 12.5. The molecule has 0 spiro atoms. The molecule has 0 amide bonds. The number of aromatic hydroxyl groups is 1. The minimum Gasteiger partial charge on any atom is -0.493 e. The molecule has 0 bridgehead atoms. The molecule has 4 nitrogen and oxygen atoms in total. The van der Waals surface area contributed by atoms with Crippen molar-refractivity contribution in [1.29, 1.82) is 0 Å². The SMILES string of the molecule is Cc1cc(Cl)c(-c2c(O)n3n(c2=O)CCCC3)c(Cl)c1. The van der Waals surface area contributed by atoms with Gasteiger partial charge in [0.2, 0.25) is 5.88 Å². The van der Waals surface area contributed by atoms with Crippen LogP contribution in [0.3, 0.4) is 0 Å². The second-order valence-corrected chi connectivity index (χ2v) is 5.88. The van der Waals surface area contributed by atoms with Crippen LogP contribution in [-0.2, 0) is 13.1 Å². The Morgan fingerprint density at radius 1 is 1.05 bits per heavy atom. The summed E-state index contributed by atoms with van der Waals surface area (Å²) in [6.45, 7) is 3.11. The Bertz CT molecular complexity index is 723. The molecule has 0 saturated carbocycles. The van der Waals surface area contributed by atoms with Gasteiger partial charge in [-0.2, -0.15) is 0 Å². The van der Waals surface area contributed by atoms with Crippen LogP contribution in [0, 0.1) is 6.92 Å². The molecule has 0 saturated heterocycles. The van der Waals surface area contributed by atoms with E-state index >= 15 is 0 Å². The van der Waals surface area contributed by atoms with Crippen molar-refractivity contribution >= 4 is 23.2 Å². The fraction of sp³-hybridized carbons (Fsp3) is 0.357. The van der Waals surface area contributed by atoms with Crippen molar-refractivity contribution in [3.63, 3.8) is 0 Å². The summed E-state index contributed by atoms with van der Waals surface area (Å²) in [4.78, 5) is 12.5. The van der Waals surface area contributed by atoms with Gasteiger partial charge >= 0.3 is 0 Å². The molecule has 1 N–H and O–H groups in total. The van der Waals surface area contributed by atoms with Crippen LogP contribution in [0.15, 0.2) is 16.9 Å². The molecule has 2 heterocycles. The van der Waals surface area contributed by atoms with Gasteiger partial charge in [0.05, 0.1) is 10.0 Å². The van der Waals surface area contributed by atoms with Crippen LogP contribution in [0.5, 0.6) is 5.88 Å². The van der Waals surface area contributed by atoms with Crippen molar-refractivity contribution in [2.45, 2.75) is 32.9 Å². The lowest BCUT2D eigenvalue weighted by Crippen LogP contribution is -2.27. The van der Waals surface area contributed by atoms with Crippen LogP contribution in [0.2, 0.25) is 10.0 Å². The zero-order valence-electron chi connectivity index (χ0n) is 11.0. The lowest BCUT2D eigenvalue weighted by molar-refractivity contribution is 0.305. The van der Waals surface area contributed by atoms with Crippen molar-refractivity contribution in [2.24, 2.45) is 0 Å². The highest BCUT2D eigenvalue weighted by molar-refractivity contribution is 6.39. The van der Waals surface area contributed by atoms with Gasteiger partial charge in [0, 0.05) is 18.7 Å². The Morgan fingerprint density at radius 2 is 1.60 bits per heavy atom. The lowest BCUT2D eigenvalue weighted by atomic mass is 10.1. The molecule has 2 aromatic rings. The minimum atomic E-state index is -0.241. The van der Waals surface area contributed by atoms with Gasteiger partial charge in [0.15, 0.2) is 0 Å². The van der Waals surface area contributed by atoms with Gasteiger partial charge in [-0.05, 0) is 37.5 Å². The Balaban J connectivity index is 2.32. The van der Waals surface area contributed by atoms with Crippen molar-refractivity contribution < 1.29 is 5.11 Å². The maximum atomic E-state index is 12.5. The van der Waals surface area contributed by atoms with E-state index in [1.807, 2.05) is 6.92 Å². The van der Waals surface area contributed by atoms with E-state index in [4.69, 9.17) is 23.2 Å². The van der Waals surface area contributed by atoms with E-state index in [0.29, 0.717) is 28.7 Å². The summed E-state index contributed by atoms with van der Waals surface area (Å²) in [6.07, 6.45) is 1.87. The monoisotopic (exact) mass is 312 g/mol. The molecule has 1 aromatic heterocycles. The van der Waals surface area contributed by atoms with Crippen LogP contribution in [0.4, 0.5) is 0 Å². The van der Waals surface area contributed by atoms with Crippen molar-refractivity contribution in [3.8, 4) is 17.0 Å². The first-order valence-electron chi connectivity index (χ1n) is 6.49. The van der Waals surface area contributed by atoms with Gasteiger partial charge < -0.3 is 5.11 Å². The summed E-state index contributed by atoms with van der Waals surface area (Å²) in [7, 11) is 0. The molecule has 20 heavy (non-hydrogen) atoms. The predicted octanol–water partition coefficient (Wildman–Crippen LogP) is 3.43. The molecular formula is C14H14Cl2N2O2. The summed E-state index contributed by atoms with van der Waals surface area (Å²) in [5.74, 6) is -0.0534. The number of rotatable bonds is 1. The van der Waals surface area contributed by atoms with E-state index in [1.165, 1.54) is 0 Å². The number of benzene rings is 1. The Hall–Kier alpha value is -1.39. The Kier molecular flexibility index (Phi) is 3.30. The normalized spacial score (nSPS) is 14.3. The standard InChI is InChI=1S/C14H14Cl2N2O2/c1-8-6-9(15)11(10(16)7-8)12-13(19)17-4-2-3-5-18(17)14(12)20/h6-7,19H,2-5H2,1H3. The highest BCUT2D eigenvalue weighted by atomic mass is 35.5. The van der Waals surface area contributed by atoms with Gasteiger partial charge in [0.1, 0.15) is 5.56 Å². The Labute approximate surface area is 126 Å². The predicted molar refractivity (Wildman–Crippen MR) is 79.8 cm³/mol. The number of nitrogens with zero attached hydrogens (tertiary/aromatic N) is 2. The van der Waals surface area contributed by atoms with Crippen molar-refractivity contribution in [1.82, 2.24) is 9.36 Å². The van der Waals surface area contributed by atoms with Crippen molar-refractivity contribution in [3.05, 3.63) is 38.1 Å². The molecule has 0 atom stereocenters. The number of halogens is 2. The highest BCUT2D eigenvalue weighted by Crippen LogP contribution is 2.39. The van der Waals surface area contributed by atoms with Gasteiger partial charge in [0.25, 0.3) is 5.56 Å². The first-order chi connectivity index (χ1) is 9.50. The van der Waals surface area contributed by atoms with E-state index in [2.05, 4.69) is 0 Å². The number of aromatic nitrogens is 2. The first kappa shape index (κ1) is 13.6. The Morgan fingerprint density at radius 3 is 2.15 bits per heavy atom. The lowest BCUT2D eigenvalue weighted by Gasteiger charge is -2.16. The minimum absolute atomic E-state index is 0.0534. The van der Waals surface area contributed by atoms with Crippen molar-refractivity contribution in [2.75, 3.05) is 0 Å². The average molecular weight is 313 g/mol. The molecule has 3 rings (SSSR count). The second-order valence-electron chi connectivity index (χ2n) is 5.06. The van der Waals surface area contributed by atoms with E-state index in [0.717, 1.165) is 18.4 Å². The largest absolute Gasteiger partial charge is 0.493 e. The topological polar surface area (TPSA) is 47.2 Å². The fourth-order valence-electron chi connectivity index (χ4n) is 2.71. The summed E-state index contributed by atoms with van der Waals surface area (Å²) in [6, 6.07) is 3.48. The third-order valence-corrected chi connectivity index (χ3v) is 4.23. The molecule has 106 valence electrons. The molecule has 0 fully saturated rings. The summed E-state index contributed by atoms with van der Waals surface area (Å²) in [5.41, 5.74) is 1.28. The number of hydrogen-bond donors (Lipinski definition) is 1. The smallest absolute Gasteiger partial charge is 0.278 e. The molecule has 0 radical (unpaired) electrons. The average Bonchev–Trinajstić information content (AvgIpc) is 2.64. The maximum Gasteiger partial charge on any atom is 0.278 e. The third kappa shape index (κ3) is 1.95. The molecule has 1 aromatic carbocycles. The van der Waals surface area contributed by atoms with Gasteiger partial charge in [-0.15, -0.1) is 0 Å². The van der Waals surface area contributed by atoms with Crippen LogP contribution < -0.4 is 5.56 Å². The summed E-state index contributed by atoms with van der Waals surface area (Å²) < 4.78 is 3.16. The fourth-order valence-corrected chi connectivity index (χ4v) is 3.49. The zero-order chi connectivity index (χ0) is 14.4. The van der Waals surface area contributed by atoms with E-state index in [1.54, 1.807) is 21.5 Å². The van der Waals surface area contributed by atoms with Gasteiger partial charge in [-0.25, -0.2) is 4.68 Å². The summed E-state index contributed by atoms with van der Waals surface area (Å²) >= 11 is 12.4. The van der Waals surface area contributed by atoms with E-state index in [-0.39, 0.29) is 17.0 Å². The second kappa shape index (κ2) is 4.86. The van der Waals surface area contributed by atoms with Crippen LogP contribution in [0.25, 0.3) is 11.1 Å². The molecule has 0 aliphatic carbocycles. The van der Waals surface area contributed by atoms with Gasteiger partial charge in [-0.1, -0.05) is 23.2 Å². The number of hydrogen-bond acceptors (Lipinski definition) is 2. The third-order valence-electron chi connectivity index (χ3n) is 3.63.